The molecule has 0 bridgehead atoms. The normalized spacial score (nSPS) is 15.5. The Hall–Kier alpha value is -0.770. The zero-order valence-corrected chi connectivity index (χ0v) is 12.0. The Labute approximate surface area is 111 Å². The highest BCUT2D eigenvalue weighted by Crippen LogP contribution is 2.08. The number of unbranched alkanes of at least 4 members (excludes halogenated alkanes) is 3. The third-order valence-electron chi connectivity index (χ3n) is 3.39. The van der Waals surface area contributed by atoms with E-state index < -0.39 is 0 Å². The van der Waals surface area contributed by atoms with Crippen molar-refractivity contribution < 1.29 is 4.79 Å². The molecule has 1 aliphatic heterocycles. The molecule has 0 radical (unpaired) electrons. The van der Waals surface area contributed by atoms with Crippen molar-refractivity contribution in [2.24, 2.45) is 5.92 Å². The van der Waals surface area contributed by atoms with Crippen LogP contribution in [0.15, 0.2) is 0 Å². The quantitative estimate of drug-likeness (QED) is 0.588. The van der Waals surface area contributed by atoms with Crippen molar-refractivity contribution in [1.29, 1.82) is 0 Å². The van der Waals surface area contributed by atoms with Crippen LogP contribution in [0.3, 0.4) is 0 Å². The molecule has 106 valence electrons. The molecule has 1 aliphatic rings. The second-order valence-electron chi connectivity index (χ2n) is 5.57. The summed E-state index contributed by atoms with van der Waals surface area (Å²) >= 11 is 0. The van der Waals surface area contributed by atoms with Crippen LogP contribution in [0.5, 0.6) is 0 Å². The van der Waals surface area contributed by atoms with Crippen LogP contribution in [0.2, 0.25) is 0 Å². The van der Waals surface area contributed by atoms with Gasteiger partial charge >= 0.3 is 6.03 Å². The molecule has 18 heavy (non-hydrogen) atoms. The van der Waals surface area contributed by atoms with Crippen molar-refractivity contribution in [3.63, 3.8) is 0 Å². The molecule has 4 nitrogen and oxygen atoms in total. The summed E-state index contributed by atoms with van der Waals surface area (Å²) in [5.41, 5.74) is 0. The van der Waals surface area contributed by atoms with E-state index in [1.165, 1.54) is 32.1 Å². The molecule has 0 aromatic rings. The minimum atomic E-state index is 0.0884. The molecule has 1 heterocycles. The third kappa shape index (κ3) is 6.84. The molecular formula is C14H29N3O. The van der Waals surface area contributed by atoms with Gasteiger partial charge in [0.1, 0.15) is 0 Å². The Balaban J connectivity index is 1.80. The van der Waals surface area contributed by atoms with Crippen LogP contribution in [0, 0.1) is 5.92 Å². The Kier molecular flexibility index (Phi) is 7.81. The molecule has 0 atom stereocenters. The fraction of sp³-hybridized carbons (Fsp3) is 0.929. The van der Waals surface area contributed by atoms with E-state index >= 15 is 0 Å². The predicted molar refractivity (Wildman–Crippen MR) is 75.8 cm³/mol. The molecule has 0 spiro atoms. The van der Waals surface area contributed by atoms with Gasteiger partial charge in [0, 0.05) is 26.2 Å². The van der Waals surface area contributed by atoms with E-state index in [4.69, 9.17) is 0 Å². The fourth-order valence-corrected chi connectivity index (χ4v) is 2.22. The molecule has 2 N–H and O–H groups in total. The number of nitrogens with zero attached hydrogens (tertiary/aromatic N) is 1. The SMILES string of the molecule is CC(C)CCCCCCNCCN1CCNC1=O. The summed E-state index contributed by atoms with van der Waals surface area (Å²) in [5.74, 6) is 0.842. The molecule has 4 heteroatoms. The lowest BCUT2D eigenvalue weighted by Gasteiger charge is -2.14. The van der Waals surface area contributed by atoms with Gasteiger partial charge in [-0.25, -0.2) is 4.79 Å². The van der Waals surface area contributed by atoms with E-state index in [0.29, 0.717) is 0 Å². The molecule has 0 unspecified atom stereocenters. The number of hydrogen-bond donors (Lipinski definition) is 2. The molecule has 1 rings (SSSR count). The first-order chi connectivity index (χ1) is 8.70. The van der Waals surface area contributed by atoms with Crippen molar-refractivity contribution in [1.82, 2.24) is 15.5 Å². The Morgan fingerprint density at radius 2 is 2.00 bits per heavy atom. The van der Waals surface area contributed by atoms with Gasteiger partial charge in [-0.15, -0.1) is 0 Å². The fourth-order valence-electron chi connectivity index (χ4n) is 2.22. The van der Waals surface area contributed by atoms with E-state index in [1.54, 1.807) is 0 Å². The average molecular weight is 255 g/mol. The van der Waals surface area contributed by atoms with Gasteiger partial charge in [-0.1, -0.05) is 39.5 Å². The number of carbonyl (C=O) groups is 1. The van der Waals surface area contributed by atoms with Crippen LogP contribution >= 0.6 is 0 Å². The summed E-state index contributed by atoms with van der Waals surface area (Å²) in [6, 6.07) is 0.0884. The number of rotatable bonds is 10. The first-order valence-electron chi connectivity index (χ1n) is 7.43. The highest BCUT2D eigenvalue weighted by atomic mass is 16.2. The Bertz CT molecular complexity index is 231. The number of nitrogens with one attached hydrogen (secondary N) is 2. The van der Waals surface area contributed by atoms with Crippen LogP contribution in [0.1, 0.15) is 46.0 Å². The second kappa shape index (κ2) is 9.20. The minimum absolute atomic E-state index is 0.0884. The summed E-state index contributed by atoms with van der Waals surface area (Å²) in [6.07, 6.45) is 6.66. The van der Waals surface area contributed by atoms with Gasteiger partial charge in [-0.3, -0.25) is 0 Å². The lowest BCUT2D eigenvalue weighted by molar-refractivity contribution is 0.217. The number of urea groups is 1. The highest BCUT2D eigenvalue weighted by molar-refractivity contribution is 5.76. The molecule has 1 fully saturated rings. The highest BCUT2D eigenvalue weighted by Gasteiger charge is 2.17. The summed E-state index contributed by atoms with van der Waals surface area (Å²) in [6.45, 7) is 9.06. The van der Waals surface area contributed by atoms with Crippen LogP contribution < -0.4 is 10.6 Å². The van der Waals surface area contributed by atoms with Crippen LogP contribution in [0.25, 0.3) is 0 Å². The third-order valence-corrected chi connectivity index (χ3v) is 3.39. The number of amides is 2. The van der Waals surface area contributed by atoms with Gasteiger partial charge < -0.3 is 15.5 Å². The number of hydrogen-bond acceptors (Lipinski definition) is 2. The first-order valence-corrected chi connectivity index (χ1v) is 7.43. The van der Waals surface area contributed by atoms with Crippen molar-refractivity contribution in [3.05, 3.63) is 0 Å². The van der Waals surface area contributed by atoms with Gasteiger partial charge in [-0.2, -0.15) is 0 Å². The molecule has 0 aromatic carbocycles. The van der Waals surface area contributed by atoms with Crippen LogP contribution in [-0.2, 0) is 0 Å². The molecule has 1 saturated heterocycles. The maximum Gasteiger partial charge on any atom is 0.317 e. The van der Waals surface area contributed by atoms with E-state index in [0.717, 1.165) is 38.6 Å². The zero-order valence-electron chi connectivity index (χ0n) is 12.0. The standard InChI is InChI=1S/C14H29N3O/c1-13(2)7-5-3-4-6-8-15-9-11-17-12-10-16-14(17)18/h13,15H,3-12H2,1-2H3,(H,16,18). The van der Waals surface area contributed by atoms with Gasteiger partial charge in [-0.05, 0) is 18.9 Å². The van der Waals surface area contributed by atoms with Crippen molar-refractivity contribution >= 4 is 6.03 Å². The monoisotopic (exact) mass is 255 g/mol. The largest absolute Gasteiger partial charge is 0.336 e. The summed E-state index contributed by atoms with van der Waals surface area (Å²) in [4.78, 5) is 13.1. The average Bonchev–Trinajstić information content (AvgIpc) is 2.72. The lowest BCUT2D eigenvalue weighted by atomic mass is 10.0. The van der Waals surface area contributed by atoms with Crippen LogP contribution in [-0.4, -0.2) is 43.7 Å². The molecule has 0 aliphatic carbocycles. The van der Waals surface area contributed by atoms with E-state index in [9.17, 15) is 4.79 Å². The minimum Gasteiger partial charge on any atom is -0.336 e. The maximum atomic E-state index is 11.3. The van der Waals surface area contributed by atoms with Gasteiger partial charge in [0.25, 0.3) is 0 Å². The van der Waals surface area contributed by atoms with Gasteiger partial charge in [0.05, 0.1) is 0 Å². The lowest BCUT2D eigenvalue weighted by Crippen LogP contribution is -2.34. The first kappa shape index (κ1) is 15.3. The topological polar surface area (TPSA) is 44.4 Å². The number of carbonyl (C=O) groups excluding carboxylic acids is 1. The summed E-state index contributed by atoms with van der Waals surface area (Å²) < 4.78 is 0. The van der Waals surface area contributed by atoms with E-state index in [-0.39, 0.29) is 6.03 Å². The molecular weight excluding hydrogens is 226 g/mol. The Morgan fingerprint density at radius 3 is 2.67 bits per heavy atom. The zero-order chi connectivity index (χ0) is 13.2. The summed E-state index contributed by atoms with van der Waals surface area (Å²) in [5, 5.41) is 6.22. The van der Waals surface area contributed by atoms with E-state index in [1.807, 2.05) is 4.90 Å². The smallest absolute Gasteiger partial charge is 0.317 e. The van der Waals surface area contributed by atoms with Gasteiger partial charge in [0.2, 0.25) is 0 Å². The second-order valence-corrected chi connectivity index (χ2v) is 5.57. The van der Waals surface area contributed by atoms with Gasteiger partial charge in [0.15, 0.2) is 0 Å². The Morgan fingerprint density at radius 1 is 1.22 bits per heavy atom. The maximum absolute atomic E-state index is 11.3. The molecule has 2 amide bonds. The van der Waals surface area contributed by atoms with E-state index in [2.05, 4.69) is 24.5 Å². The molecule has 0 aromatic heterocycles. The summed E-state index contributed by atoms with van der Waals surface area (Å²) in [7, 11) is 0. The van der Waals surface area contributed by atoms with Crippen molar-refractivity contribution in [2.75, 3.05) is 32.7 Å². The molecule has 0 saturated carbocycles. The van der Waals surface area contributed by atoms with Crippen LogP contribution in [0.4, 0.5) is 4.79 Å². The predicted octanol–water partition coefficient (Wildman–Crippen LogP) is 2.21. The van der Waals surface area contributed by atoms with Crippen molar-refractivity contribution in [3.8, 4) is 0 Å². The van der Waals surface area contributed by atoms with Crippen molar-refractivity contribution in [2.45, 2.75) is 46.0 Å².